The summed E-state index contributed by atoms with van der Waals surface area (Å²) in [6.45, 7) is 8.99. The number of carbonyl (C=O) groups excluding carboxylic acids is 2. The second kappa shape index (κ2) is 8.85. The topological polar surface area (TPSA) is 58.6 Å². The molecular formula is C24H32N2O3. The van der Waals surface area contributed by atoms with Crippen molar-refractivity contribution in [1.82, 2.24) is 10.2 Å². The van der Waals surface area contributed by atoms with E-state index in [0.717, 1.165) is 29.2 Å². The molecule has 29 heavy (non-hydrogen) atoms. The lowest BCUT2D eigenvalue weighted by Gasteiger charge is -2.36. The molecule has 1 aliphatic heterocycles. The van der Waals surface area contributed by atoms with Gasteiger partial charge in [0, 0.05) is 19.1 Å². The lowest BCUT2D eigenvalue weighted by molar-refractivity contribution is -0.121. The third kappa shape index (κ3) is 5.72. The molecule has 2 atom stereocenters. The standard InChI is InChI=1S/C24H32N2O3/c1-17(20-12-8-14-26(16-20)23(28)29-24(2,3)4)25-22(27)15-19-11-7-10-18-9-5-6-13-21(18)19/h5-7,9-11,13,17,20H,8,12,14-16H2,1-4H3,(H,25,27)/t17-,20-/m0/s1. The van der Waals surface area contributed by atoms with Gasteiger partial charge in [0.25, 0.3) is 0 Å². The molecule has 0 spiro atoms. The van der Waals surface area contributed by atoms with E-state index in [2.05, 4.69) is 23.5 Å². The van der Waals surface area contributed by atoms with Gasteiger partial charge in [-0.2, -0.15) is 0 Å². The smallest absolute Gasteiger partial charge is 0.410 e. The molecule has 1 N–H and O–H groups in total. The fourth-order valence-electron chi connectivity index (χ4n) is 3.95. The van der Waals surface area contributed by atoms with Crippen LogP contribution in [-0.4, -0.2) is 41.6 Å². The summed E-state index contributed by atoms with van der Waals surface area (Å²) in [5.41, 5.74) is 0.536. The van der Waals surface area contributed by atoms with Gasteiger partial charge < -0.3 is 15.0 Å². The van der Waals surface area contributed by atoms with Gasteiger partial charge in [-0.3, -0.25) is 4.79 Å². The molecule has 0 saturated carbocycles. The number of carbonyl (C=O) groups is 2. The zero-order valence-corrected chi connectivity index (χ0v) is 17.9. The molecule has 0 unspecified atom stereocenters. The summed E-state index contributed by atoms with van der Waals surface area (Å²) in [5.74, 6) is 0.246. The first-order chi connectivity index (χ1) is 13.7. The third-order valence-corrected chi connectivity index (χ3v) is 5.44. The largest absolute Gasteiger partial charge is 0.444 e. The minimum Gasteiger partial charge on any atom is -0.444 e. The van der Waals surface area contributed by atoms with Crippen molar-refractivity contribution in [3.63, 3.8) is 0 Å². The highest BCUT2D eigenvalue weighted by Crippen LogP contribution is 2.23. The van der Waals surface area contributed by atoms with Crippen LogP contribution in [0.2, 0.25) is 0 Å². The van der Waals surface area contributed by atoms with Crippen LogP contribution in [0.25, 0.3) is 10.8 Å². The number of hydrogen-bond acceptors (Lipinski definition) is 3. The number of nitrogens with zero attached hydrogens (tertiary/aromatic N) is 1. The van der Waals surface area contributed by atoms with Crippen molar-refractivity contribution in [2.45, 2.75) is 58.6 Å². The van der Waals surface area contributed by atoms with Crippen LogP contribution in [0.1, 0.15) is 46.1 Å². The van der Waals surface area contributed by atoms with E-state index in [1.807, 2.05) is 52.0 Å². The van der Waals surface area contributed by atoms with Crippen molar-refractivity contribution in [3.8, 4) is 0 Å². The summed E-state index contributed by atoms with van der Waals surface area (Å²) >= 11 is 0. The number of rotatable bonds is 4. The van der Waals surface area contributed by atoms with Gasteiger partial charge in [-0.05, 0) is 62.8 Å². The van der Waals surface area contributed by atoms with Crippen LogP contribution in [0.3, 0.4) is 0 Å². The van der Waals surface area contributed by atoms with E-state index >= 15 is 0 Å². The van der Waals surface area contributed by atoms with Crippen molar-refractivity contribution in [2.75, 3.05) is 13.1 Å². The predicted octanol–water partition coefficient (Wildman–Crippen LogP) is 4.53. The minimum absolute atomic E-state index is 0.00251. The molecule has 156 valence electrons. The lowest BCUT2D eigenvalue weighted by atomic mass is 9.91. The van der Waals surface area contributed by atoms with Gasteiger partial charge in [-0.25, -0.2) is 4.79 Å². The number of fused-ring (bicyclic) bond motifs is 1. The van der Waals surface area contributed by atoms with Crippen LogP contribution >= 0.6 is 0 Å². The molecule has 2 amide bonds. The summed E-state index contributed by atoms with van der Waals surface area (Å²) in [6, 6.07) is 14.2. The molecule has 1 saturated heterocycles. The van der Waals surface area contributed by atoms with E-state index in [4.69, 9.17) is 4.74 Å². The molecule has 1 aliphatic rings. The van der Waals surface area contributed by atoms with Crippen LogP contribution in [0.15, 0.2) is 42.5 Å². The lowest BCUT2D eigenvalue weighted by Crippen LogP contribution is -2.49. The summed E-state index contributed by atoms with van der Waals surface area (Å²) in [5, 5.41) is 5.41. The molecule has 5 nitrogen and oxygen atoms in total. The van der Waals surface area contributed by atoms with E-state index in [-0.39, 0.29) is 24.0 Å². The third-order valence-electron chi connectivity index (χ3n) is 5.44. The quantitative estimate of drug-likeness (QED) is 0.826. The second-order valence-electron chi connectivity index (χ2n) is 9.00. The average molecular weight is 397 g/mol. The van der Waals surface area contributed by atoms with Crippen molar-refractivity contribution in [3.05, 3.63) is 48.0 Å². The van der Waals surface area contributed by atoms with Crippen LogP contribution in [-0.2, 0) is 16.0 Å². The highest BCUT2D eigenvalue weighted by molar-refractivity contribution is 5.90. The number of likely N-dealkylation sites (tertiary alicyclic amines) is 1. The fourth-order valence-corrected chi connectivity index (χ4v) is 3.95. The minimum atomic E-state index is -0.498. The maximum absolute atomic E-state index is 12.7. The number of amides is 2. The SMILES string of the molecule is C[C@H](NC(=O)Cc1cccc2ccccc12)[C@H]1CCCN(C(=O)OC(C)(C)C)C1. The molecule has 2 aromatic rings. The maximum atomic E-state index is 12.7. The Hall–Kier alpha value is -2.56. The van der Waals surface area contributed by atoms with E-state index < -0.39 is 5.60 Å². The molecule has 0 bridgehead atoms. The predicted molar refractivity (Wildman–Crippen MR) is 116 cm³/mol. The van der Waals surface area contributed by atoms with Gasteiger partial charge >= 0.3 is 6.09 Å². The normalized spacial score (nSPS) is 18.3. The number of piperidine rings is 1. The van der Waals surface area contributed by atoms with Crippen molar-refractivity contribution >= 4 is 22.8 Å². The van der Waals surface area contributed by atoms with E-state index in [1.165, 1.54) is 0 Å². The molecule has 3 rings (SSSR count). The molecular weight excluding hydrogens is 364 g/mol. The first kappa shape index (κ1) is 21.2. The Labute approximate surface area is 173 Å². The van der Waals surface area contributed by atoms with Crippen LogP contribution in [0.4, 0.5) is 4.79 Å². The summed E-state index contributed by atoms with van der Waals surface area (Å²) < 4.78 is 5.51. The fraction of sp³-hybridized carbons (Fsp3) is 0.500. The monoisotopic (exact) mass is 396 g/mol. The summed E-state index contributed by atoms with van der Waals surface area (Å²) in [6.07, 6.45) is 2.01. The van der Waals surface area contributed by atoms with E-state index in [9.17, 15) is 9.59 Å². The Balaban J connectivity index is 1.58. The first-order valence-electron chi connectivity index (χ1n) is 10.5. The van der Waals surface area contributed by atoms with E-state index in [1.54, 1.807) is 4.90 Å². The average Bonchev–Trinajstić information content (AvgIpc) is 2.67. The number of nitrogens with one attached hydrogen (secondary N) is 1. The van der Waals surface area contributed by atoms with Gasteiger partial charge in [-0.1, -0.05) is 42.5 Å². The van der Waals surface area contributed by atoms with Crippen LogP contribution in [0.5, 0.6) is 0 Å². The summed E-state index contributed by atoms with van der Waals surface area (Å²) in [4.78, 5) is 26.9. The number of benzene rings is 2. The molecule has 1 heterocycles. The highest BCUT2D eigenvalue weighted by atomic mass is 16.6. The zero-order valence-electron chi connectivity index (χ0n) is 17.9. The van der Waals surface area contributed by atoms with Gasteiger partial charge in [0.15, 0.2) is 0 Å². The second-order valence-corrected chi connectivity index (χ2v) is 9.00. The highest BCUT2D eigenvalue weighted by Gasteiger charge is 2.30. The Morgan fingerprint density at radius 3 is 2.66 bits per heavy atom. The Morgan fingerprint density at radius 1 is 1.17 bits per heavy atom. The van der Waals surface area contributed by atoms with Crippen molar-refractivity contribution in [2.24, 2.45) is 5.92 Å². The number of hydrogen-bond donors (Lipinski definition) is 1. The Bertz CT molecular complexity index is 867. The zero-order chi connectivity index (χ0) is 21.0. The van der Waals surface area contributed by atoms with Crippen LogP contribution < -0.4 is 5.32 Å². The number of ether oxygens (including phenoxy) is 1. The Kier molecular flexibility index (Phi) is 6.46. The molecule has 0 radical (unpaired) electrons. The summed E-state index contributed by atoms with van der Waals surface area (Å²) in [7, 11) is 0. The van der Waals surface area contributed by atoms with E-state index in [0.29, 0.717) is 19.5 Å². The van der Waals surface area contributed by atoms with Gasteiger partial charge in [0.05, 0.1) is 6.42 Å². The molecule has 2 aromatic carbocycles. The Morgan fingerprint density at radius 2 is 1.90 bits per heavy atom. The molecule has 0 aliphatic carbocycles. The molecule has 0 aromatic heterocycles. The molecule has 5 heteroatoms. The van der Waals surface area contributed by atoms with Crippen LogP contribution in [0, 0.1) is 5.92 Å². The molecule has 1 fully saturated rings. The van der Waals surface area contributed by atoms with Gasteiger partial charge in [0.2, 0.25) is 5.91 Å². The van der Waals surface area contributed by atoms with Crippen molar-refractivity contribution in [1.29, 1.82) is 0 Å². The van der Waals surface area contributed by atoms with Gasteiger partial charge in [0.1, 0.15) is 5.60 Å². The van der Waals surface area contributed by atoms with Gasteiger partial charge in [-0.15, -0.1) is 0 Å². The maximum Gasteiger partial charge on any atom is 0.410 e. The van der Waals surface area contributed by atoms with Crippen molar-refractivity contribution < 1.29 is 14.3 Å². The first-order valence-corrected chi connectivity index (χ1v) is 10.5.